The third-order valence-electron chi connectivity index (χ3n) is 11.6. The Morgan fingerprint density at radius 1 is 0.635 bits per heavy atom. The summed E-state index contributed by atoms with van der Waals surface area (Å²) in [4.78, 5) is 4.95. The lowest BCUT2D eigenvalue weighted by atomic mass is 9.79. The van der Waals surface area contributed by atoms with E-state index in [1.165, 1.54) is 15.7 Å². The van der Waals surface area contributed by atoms with Crippen LogP contribution in [0.15, 0.2) is 200 Å². The predicted molar refractivity (Wildman–Crippen MR) is 258 cm³/mol. The van der Waals surface area contributed by atoms with Crippen molar-refractivity contribution in [2.45, 2.75) is 51.9 Å². The summed E-state index contributed by atoms with van der Waals surface area (Å²) in [5.41, 5.74) is 6.29. The van der Waals surface area contributed by atoms with Gasteiger partial charge in [0.25, 0.3) is 6.33 Å². The van der Waals surface area contributed by atoms with Crippen molar-refractivity contribution >= 4 is 21.8 Å². The molecule has 5 nitrogen and oxygen atoms in total. The van der Waals surface area contributed by atoms with Crippen LogP contribution < -0.4 is 9.30 Å². The molecule has 3 heterocycles. The quantitative estimate of drug-likeness (QED) is 0.102. The molecule has 0 aliphatic rings. The molecule has 0 saturated heterocycles. The van der Waals surface area contributed by atoms with Crippen LogP contribution in [0.25, 0.3) is 61.3 Å². The highest BCUT2D eigenvalue weighted by Gasteiger charge is 2.23. The van der Waals surface area contributed by atoms with Gasteiger partial charge >= 0.3 is 0 Å². The second kappa shape index (κ2) is 16.1. The standard InChI is InChI=1S/C58H50N4O/c1-57(2,3)45-27-30-53-52(36-45)51-29-28-48(38-54(51)62(53)55-35-41(31-32-59-55)39-58(4,5)44-21-13-8-14-22-44)63-47-24-15-23-46(37-47)60-33-34-61(40-60)56-49(42-17-9-6-10-18-42)25-16-26-50(56)43-19-11-7-12-20-43/h6-38H,39H2,1-5H3/i6D,7D,9D,10D,11D,12D,17D,18D,19D,20D. The number of pyridine rings is 1. The fraction of sp³-hybridized carbons (Fsp3) is 0.138. The minimum atomic E-state index is -0.562. The summed E-state index contributed by atoms with van der Waals surface area (Å²) < 4.78 is 98.0. The summed E-state index contributed by atoms with van der Waals surface area (Å²) >= 11 is 0. The van der Waals surface area contributed by atoms with Gasteiger partial charge in [-0.3, -0.25) is 13.7 Å². The lowest BCUT2D eigenvalue weighted by Gasteiger charge is -2.25. The van der Waals surface area contributed by atoms with E-state index in [-0.39, 0.29) is 38.8 Å². The van der Waals surface area contributed by atoms with E-state index in [0.717, 1.165) is 39.6 Å². The third-order valence-corrected chi connectivity index (χ3v) is 11.6. The molecule has 0 saturated carbocycles. The normalized spacial score (nSPS) is 14.2. The molecule has 63 heavy (non-hydrogen) atoms. The van der Waals surface area contributed by atoms with Crippen molar-refractivity contribution in [2.24, 2.45) is 0 Å². The van der Waals surface area contributed by atoms with Gasteiger partial charge in [-0.15, -0.1) is 0 Å². The zero-order valence-electron chi connectivity index (χ0n) is 45.7. The first kappa shape index (κ1) is 29.7. The topological polar surface area (TPSA) is 35.9 Å². The molecule has 10 rings (SSSR count). The number of nitrogens with zero attached hydrogens (tertiary/aromatic N) is 4. The lowest BCUT2D eigenvalue weighted by Crippen LogP contribution is -2.30. The van der Waals surface area contributed by atoms with Gasteiger partial charge in [-0.05, 0) is 111 Å². The Labute approximate surface area is 384 Å². The minimum Gasteiger partial charge on any atom is -0.458 e. The summed E-state index contributed by atoms with van der Waals surface area (Å²) in [5, 5.41) is 2.16. The molecule has 308 valence electrons. The number of ether oxygens (including phenoxy) is 1. The minimum absolute atomic E-state index is 0.0748. The molecule has 0 aliphatic heterocycles. The second-order valence-electron chi connectivity index (χ2n) is 17.4. The van der Waals surface area contributed by atoms with Crippen LogP contribution in [0.2, 0.25) is 0 Å². The van der Waals surface area contributed by atoms with E-state index < -0.39 is 60.4 Å². The Morgan fingerprint density at radius 2 is 1.33 bits per heavy atom. The summed E-state index contributed by atoms with van der Waals surface area (Å²) in [7, 11) is 0. The summed E-state index contributed by atoms with van der Waals surface area (Å²) in [6.07, 6.45) is 9.33. The third kappa shape index (κ3) is 7.83. The van der Waals surface area contributed by atoms with Crippen molar-refractivity contribution in [3.63, 3.8) is 0 Å². The average molecular weight is 829 g/mol. The highest BCUT2D eigenvalue weighted by Crippen LogP contribution is 2.39. The molecule has 5 heteroatoms. The molecule has 0 spiro atoms. The number of imidazole rings is 1. The summed E-state index contributed by atoms with van der Waals surface area (Å²) in [6.45, 7) is 11.2. The number of rotatable bonds is 10. The van der Waals surface area contributed by atoms with Crippen LogP contribution in [-0.2, 0) is 17.3 Å². The Balaban J connectivity index is 1.06. The van der Waals surface area contributed by atoms with Gasteiger partial charge in [0, 0.05) is 35.4 Å². The smallest absolute Gasteiger partial charge is 0.268 e. The number of hydrogen-bond acceptors (Lipinski definition) is 2. The van der Waals surface area contributed by atoms with Crippen LogP contribution in [0.5, 0.6) is 11.5 Å². The van der Waals surface area contributed by atoms with Gasteiger partial charge in [-0.25, -0.2) is 4.98 Å². The van der Waals surface area contributed by atoms with Gasteiger partial charge in [0.15, 0.2) is 0 Å². The molecule has 7 aromatic carbocycles. The summed E-state index contributed by atoms with van der Waals surface area (Å²) in [6, 6.07) is 34.5. The molecule has 0 aliphatic carbocycles. The van der Waals surface area contributed by atoms with Crippen LogP contribution in [-0.4, -0.2) is 14.1 Å². The van der Waals surface area contributed by atoms with E-state index in [4.69, 9.17) is 23.4 Å². The van der Waals surface area contributed by atoms with Crippen molar-refractivity contribution in [3.8, 4) is 50.9 Å². The zero-order valence-corrected chi connectivity index (χ0v) is 35.7. The zero-order chi connectivity index (χ0) is 51.8. The number of hydrogen-bond donors (Lipinski definition) is 0. The maximum atomic E-state index is 8.89. The van der Waals surface area contributed by atoms with Crippen molar-refractivity contribution < 1.29 is 23.0 Å². The van der Waals surface area contributed by atoms with E-state index in [1.54, 1.807) is 35.2 Å². The van der Waals surface area contributed by atoms with E-state index in [0.29, 0.717) is 17.2 Å². The van der Waals surface area contributed by atoms with E-state index in [2.05, 4.69) is 106 Å². The number of benzene rings is 7. The van der Waals surface area contributed by atoms with Gasteiger partial charge < -0.3 is 4.74 Å². The fourth-order valence-electron chi connectivity index (χ4n) is 8.37. The molecule has 0 amide bonds. The van der Waals surface area contributed by atoms with Crippen LogP contribution in [0, 0.1) is 6.33 Å². The van der Waals surface area contributed by atoms with Crippen LogP contribution >= 0.6 is 0 Å². The van der Waals surface area contributed by atoms with Gasteiger partial charge in [0.05, 0.1) is 36.1 Å². The van der Waals surface area contributed by atoms with Gasteiger partial charge in [0.1, 0.15) is 17.3 Å². The molecular formula is C58H50N4O. The van der Waals surface area contributed by atoms with Crippen LogP contribution in [0.1, 0.15) is 65.0 Å². The summed E-state index contributed by atoms with van der Waals surface area (Å²) in [5.74, 6) is 1.91. The number of para-hydroxylation sites is 1. The highest BCUT2D eigenvalue weighted by molar-refractivity contribution is 6.09. The van der Waals surface area contributed by atoms with Crippen LogP contribution in [0.4, 0.5) is 0 Å². The SMILES string of the molecule is [2H]c1c([2H])c([2H])c(-c2cccc(-c3c([2H])c([2H])c([2H])c([2H])c3[2H])c2-[n+]2[c-]n(-c3cccc(Oc4ccc5c6cc(C(C)(C)C)ccc6n(-c6cc(CC(C)(C)c7ccccc7)ccn6)c5c4)c3)cc2)c([2H])c1[2H]. The first-order valence-corrected chi connectivity index (χ1v) is 20.9. The molecule has 3 aromatic heterocycles. The van der Waals surface area contributed by atoms with Crippen molar-refractivity contribution in [1.82, 2.24) is 14.1 Å². The van der Waals surface area contributed by atoms with Crippen LogP contribution in [0.3, 0.4) is 0 Å². The molecule has 10 aromatic rings. The molecule has 0 atom stereocenters. The monoisotopic (exact) mass is 828 g/mol. The van der Waals surface area contributed by atoms with Gasteiger partial charge in [-0.2, -0.15) is 0 Å². The number of fused-ring (bicyclic) bond motifs is 3. The predicted octanol–water partition coefficient (Wildman–Crippen LogP) is 14.0. The van der Waals surface area contributed by atoms with Gasteiger partial charge in [0.2, 0.25) is 0 Å². The Morgan fingerprint density at radius 3 is 2.05 bits per heavy atom. The fourth-order valence-corrected chi connectivity index (χ4v) is 8.37. The van der Waals surface area contributed by atoms with Crippen molar-refractivity contribution in [2.75, 3.05) is 0 Å². The average Bonchev–Trinajstić information content (AvgIpc) is 3.99. The molecule has 0 unspecified atom stereocenters. The van der Waals surface area contributed by atoms with Crippen molar-refractivity contribution in [1.29, 1.82) is 0 Å². The largest absolute Gasteiger partial charge is 0.458 e. The van der Waals surface area contributed by atoms with Gasteiger partial charge in [-0.1, -0.05) is 156 Å². The maximum Gasteiger partial charge on any atom is 0.268 e. The lowest BCUT2D eigenvalue weighted by molar-refractivity contribution is -0.598. The molecule has 0 bridgehead atoms. The second-order valence-corrected chi connectivity index (χ2v) is 17.4. The molecular weight excluding hydrogens is 769 g/mol. The van der Waals surface area contributed by atoms with Crippen molar-refractivity contribution in [3.05, 3.63) is 223 Å². The number of aromatic nitrogens is 4. The van der Waals surface area contributed by atoms with E-state index in [1.807, 2.05) is 48.7 Å². The molecule has 0 N–H and O–H groups in total. The maximum absolute atomic E-state index is 8.89. The Hall–Kier alpha value is -7.50. The Kier molecular flexibility index (Phi) is 7.58. The van der Waals surface area contributed by atoms with E-state index in [9.17, 15) is 0 Å². The Bertz CT molecular complexity index is 3690. The highest BCUT2D eigenvalue weighted by atomic mass is 16.5. The molecule has 0 fully saturated rings. The first-order valence-electron chi connectivity index (χ1n) is 25.9. The first-order chi connectivity index (χ1) is 34.7. The van der Waals surface area contributed by atoms with E-state index >= 15 is 0 Å². The molecule has 0 radical (unpaired) electrons.